The van der Waals surface area contributed by atoms with E-state index in [4.69, 9.17) is 11.6 Å². The summed E-state index contributed by atoms with van der Waals surface area (Å²) >= 11 is 5.84. The van der Waals surface area contributed by atoms with Gasteiger partial charge >= 0.3 is 0 Å². The summed E-state index contributed by atoms with van der Waals surface area (Å²) in [7, 11) is -2.05. The van der Waals surface area contributed by atoms with Crippen molar-refractivity contribution in [3.63, 3.8) is 0 Å². The Labute approximate surface area is 118 Å². The van der Waals surface area contributed by atoms with Gasteiger partial charge in [0.25, 0.3) is 10.0 Å². The molecule has 2 N–H and O–H groups in total. The van der Waals surface area contributed by atoms with Crippen molar-refractivity contribution in [2.24, 2.45) is 7.05 Å². The second kappa shape index (κ2) is 6.19. The van der Waals surface area contributed by atoms with Gasteiger partial charge in [-0.2, -0.15) is 5.10 Å². The van der Waals surface area contributed by atoms with Gasteiger partial charge in [0.05, 0.1) is 11.2 Å². The third-order valence-electron chi connectivity index (χ3n) is 3.03. The van der Waals surface area contributed by atoms with Crippen LogP contribution in [0.3, 0.4) is 0 Å². The van der Waals surface area contributed by atoms with Crippen molar-refractivity contribution < 1.29 is 8.42 Å². The number of rotatable bonds is 5. The van der Waals surface area contributed by atoms with Gasteiger partial charge in [0.15, 0.2) is 5.03 Å². The molecular formula is C10H18ClN5O2S. The normalized spacial score (nSPS) is 17.8. The Morgan fingerprint density at radius 2 is 2.16 bits per heavy atom. The SMILES string of the molecule is Cn1ncc(Cl)c1S(=O)(=O)NCCN1CCNCC1. The lowest BCUT2D eigenvalue weighted by Crippen LogP contribution is -2.46. The molecule has 0 aliphatic carbocycles. The Bertz CT molecular complexity index is 505. The van der Waals surface area contributed by atoms with Crippen LogP contribution in [0.1, 0.15) is 0 Å². The van der Waals surface area contributed by atoms with Gasteiger partial charge in [-0.15, -0.1) is 0 Å². The smallest absolute Gasteiger partial charge is 0.259 e. The van der Waals surface area contributed by atoms with E-state index in [1.54, 1.807) is 7.05 Å². The minimum Gasteiger partial charge on any atom is -0.314 e. The summed E-state index contributed by atoms with van der Waals surface area (Å²) in [6.45, 7) is 4.82. The summed E-state index contributed by atoms with van der Waals surface area (Å²) in [6.07, 6.45) is 1.33. The summed E-state index contributed by atoms with van der Waals surface area (Å²) in [5, 5.41) is 7.22. The molecule has 2 rings (SSSR count). The van der Waals surface area contributed by atoms with E-state index in [0.717, 1.165) is 26.2 Å². The fourth-order valence-corrected chi connectivity index (χ4v) is 3.71. The van der Waals surface area contributed by atoms with Gasteiger partial charge in [0.2, 0.25) is 0 Å². The maximum absolute atomic E-state index is 12.1. The van der Waals surface area contributed by atoms with Gasteiger partial charge in [-0.05, 0) is 0 Å². The number of piperazine rings is 1. The highest BCUT2D eigenvalue weighted by atomic mass is 35.5. The molecule has 0 unspecified atom stereocenters. The number of hydrogen-bond donors (Lipinski definition) is 2. The fraction of sp³-hybridized carbons (Fsp3) is 0.700. The molecule has 0 radical (unpaired) electrons. The zero-order chi connectivity index (χ0) is 13.9. The molecule has 7 nitrogen and oxygen atoms in total. The van der Waals surface area contributed by atoms with E-state index in [1.165, 1.54) is 10.9 Å². The molecule has 1 saturated heterocycles. The van der Waals surface area contributed by atoms with Crippen LogP contribution in [0.4, 0.5) is 0 Å². The Kier molecular flexibility index (Phi) is 4.80. The largest absolute Gasteiger partial charge is 0.314 e. The lowest BCUT2D eigenvalue weighted by atomic mass is 10.3. The van der Waals surface area contributed by atoms with Crippen molar-refractivity contribution >= 4 is 21.6 Å². The predicted molar refractivity (Wildman–Crippen MR) is 72.7 cm³/mol. The van der Waals surface area contributed by atoms with Crippen LogP contribution in [0.5, 0.6) is 0 Å². The Morgan fingerprint density at radius 3 is 2.74 bits per heavy atom. The molecule has 0 atom stereocenters. The quantitative estimate of drug-likeness (QED) is 0.749. The van der Waals surface area contributed by atoms with E-state index in [-0.39, 0.29) is 10.0 Å². The number of aryl methyl sites for hydroxylation is 1. The highest BCUT2D eigenvalue weighted by Crippen LogP contribution is 2.19. The lowest BCUT2D eigenvalue weighted by Gasteiger charge is -2.27. The van der Waals surface area contributed by atoms with E-state index < -0.39 is 10.0 Å². The molecule has 0 saturated carbocycles. The number of nitrogens with one attached hydrogen (secondary N) is 2. The summed E-state index contributed by atoms with van der Waals surface area (Å²) in [4.78, 5) is 2.21. The molecular weight excluding hydrogens is 290 g/mol. The number of hydrogen-bond acceptors (Lipinski definition) is 5. The first kappa shape index (κ1) is 14.7. The summed E-state index contributed by atoms with van der Waals surface area (Å²) < 4.78 is 28.0. The van der Waals surface area contributed by atoms with Crippen LogP contribution in [0.2, 0.25) is 5.02 Å². The highest BCUT2D eigenvalue weighted by molar-refractivity contribution is 7.89. The maximum Gasteiger partial charge on any atom is 0.259 e. The average molecular weight is 308 g/mol. The number of sulfonamides is 1. The van der Waals surface area contributed by atoms with Gasteiger partial charge in [0.1, 0.15) is 0 Å². The van der Waals surface area contributed by atoms with E-state index in [0.29, 0.717) is 13.1 Å². The topological polar surface area (TPSA) is 79.3 Å². The molecule has 2 heterocycles. The molecule has 1 aromatic rings. The Hall–Kier alpha value is -0.670. The van der Waals surface area contributed by atoms with Crippen LogP contribution in [-0.2, 0) is 17.1 Å². The first-order valence-corrected chi connectivity index (χ1v) is 7.97. The highest BCUT2D eigenvalue weighted by Gasteiger charge is 2.22. The molecule has 0 amide bonds. The first-order chi connectivity index (χ1) is 9.00. The molecule has 9 heteroatoms. The van der Waals surface area contributed by atoms with Crippen LogP contribution in [0.25, 0.3) is 0 Å². The van der Waals surface area contributed by atoms with Crippen molar-refractivity contribution in [1.82, 2.24) is 24.7 Å². The minimum atomic E-state index is -3.60. The van der Waals surface area contributed by atoms with Crippen LogP contribution >= 0.6 is 11.6 Å². The molecule has 0 bridgehead atoms. The summed E-state index contributed by atoms with van der Waals surface area (Å²) in [5.41, 5.74) is 0. The van der Waals surface area contributed by atoms with Gasteiger partial charge in [-0.25, -0.2) is 13.1 Å². The molecule has 108 valence electrons. The maximum atomic E-state index is 12.1. The van der Waals surface area contributed by atoms with Gasteiger partial charge < -0.3 is 5.32 Å². The average Bonchev–Trinajstić information content (AvgIpc) is 2.70. The molecule has 19 heavy (non-hydrogen) atoms. The summed E-state index contributed by atoms with van der Waals surface area (Å²) in [6, 6.07) is 0. The van der Waals surface area contributed by atoms with Gasteiger partial charge in [0, 0.05) is 46.3 Å². The number of nitrogens with zero attached hydrogens (tertiary/aromatic N) is 3. The third kappa shape index (κ3) is 3.67. The van der Waals surface area contributed by atoms with Crippen molar-refractivity contribution in [3.05, 3.63) is 11.2 Å². The molecule has 0 spiro atoms. The van der Waals surface area contributed by atoms with E-state index >= 15 is 0 Å². The van der Waals surface area contributed by atoms with Gasteiger partial charge in [-0.3, -0.25) is 9.58 Å². The van der Waals surface area contributed by atoms with Crippen LogP contribution in [0.15, 0.2) is 11.2 Å². The fourth-order valence-electron chi connectivity index (χ4n) is 2.04. The summed E-state index contributed by atoms with van der Waals surface area (Å²) in [5.74, 6) is 0. The Balaban J connectivity index is 1.91. The zero-order valence-electron chi connectivity index (χ0n) is 10.8. The first-order valence-electron chi connectivity index (χ1n) is 6.11. The van der Waals surface area contributed by atoms with Crippen molar-refractivity contribution in [2.75, 3.05) is 39.3 Å². The van der Waals surface area contributed by atoms with Crippen LogP contribution < -0.4 is 10.0 Å². The molecule has 0 aromatic carbocycles. The predicted octanol–water partition coefficient (Wildman–Crippen LogP) is -0.743. The lowest BCUT2D eigenvalue weighted by molar-refractivity contribution is 0.245. The zero-order valence-corrected chi connectivity index (χ0v) is 12.3. The van der Waals surface area contributed by atoms with E-state index in [2.05, 4.69) is 20.0 Å². The van der Waals surface area contributed by atoms with Crippen molar-refractivity contribution in [1.29, 1.82) is 0 Å². The minimum absolute atomic E-state index is 0.00878. The second-order valence-electron chi connectivity index (χ2n) is 4.41. The monoisotopic (exact) mass is 307 g/mol. The second-order valence-corrected chi connectivity index (χ2v) is 6.50. The number of halogens is 1. The van der Waals surface area contributed by atoms with E-state index in [9.17, 15) is 8.42 Å². The van der Waals surface area contributed by atoms with Gasteiger partial charge in [-0.1, -0.05) is 11.6 Å². The Morgan fingerprint density at radius 1 is 1.47 bits per heavy atom. The molecule has 1 aliphatic rings. The molecule has 1 aromatic heterocycles. The standard InChI is InChI=1S/C10H18ClN5O2S/c1-15-10(9(11)8-13-15)19(17,18)14-4-7-16-5-2-12-3-6-16/h8,12,14H,2-7H2,1H3. The van der Waals surface area contributed by atoms with Crippen molar-refractivity contribution in [3.8, 4) is 0 Å². The van der Waals surface area contributed by atoms with E-state index in [1.807, 2.05) is 0 Å². The molecule has 1 aliphatic heterocycles. The van der Waals surface area contributed by atoms with Crippen LogP contribution in [-0.4, -0.2) is 62.4 Å². The molecule has 1 fully saturated rings. The van der Waals surface area contributed by atoms with Crippen molar-refractivity contribution in [2.45, 2.75) is 5.03 Å². The number of aromatic nitrogens is 2. The third-order valence-corrected chi connectivity index (χ3v) is 4.99. The van der Waals surface area contributed by atoms with Crippen LogP contribution in [0, 0.1) is 0 Å².